The number of carbonyl (C=O) groups excluding carboxylic acids is 1. The lowest BCUT2D eigenvalue weighted by Gasteiger charge is -2.08. The summed E-state index contributed by atoms with van der Waals surface area (Å²) < 4.78 is 7.80. The zero-order valence-corrected chi connectivity index (χ0v) is 18.4. The van der Waals surface area contributed by atoms with E-state index in [0.29, 0.717) is 44.0 Å². The first-order valence-corrected chi connectivity index (χ1v) is 11.0. The lowest BCUT2D eigenvalue weighted by molar-refractivity contribution is -0.121. The van der Waals surface area contributed by atoms with Gasteiger partial charge in [-0.05, 0) is 35.2 Å². The van der Waals surface area contributed by atoms with Crippen molar-refractivity contribution in [3.05, 3.63) is 96.2 Å². The van der Waals surface area contributed by atoms with Crippen molar-refractivity contribution in [1.82, 2.24) is 9.88 Å². The first kappa shape index (κ1) is 22.1. The molecular weight excluding hydrogens is 414 g/mol. The Hall–Kier alpha value is -4.06. The molecule has 6 heteroatoms. The van der Waals surface area contributed by atoms with Crippen molar-refractivity contribution in [3.63, 3.8) is 0 Å². The maximum Gasteiger partial charge on any atom is 0.221 e. The number of nitrogens with one attached hydrogen (secondary N) is 1. The van der Waals surface area contributed by atoms with Crippen LogP contribution in [0.4, 0.5) is 0 Å². The topological polar surface area (TPSA) is 75.9 Å². The number of para-hydroxylation sites is 1. The quantitative estimate of drug-likeness (QED) is 0.280. The molecule has 4 rings (SSSR count). The minimum atomic E-state index is -0.00857. The Balaban J connectivity index is 1.18. The molecule has 0 saturated heterocycles. The van der Waals surface area contributed by atoms with Gasteiger partial charge in [0.05, 0.1) is 6.54 Å². The van der Waals surface area contributed by atoms with Gasteiger partial charge in [-0.3, -0.25) is 9.79 Å². The Morgan fingerprint density at radius 1 is 1.03 bits per heavy atom. The smallest absolute Gasteiger partial charge is 0.221 e. The van der Waals surface area contributed by atoms with Gasteiger partial charge < -0.3 is 19.7 Å². The Morgan fingerprint density at radius 3 is 2.70 bits per heavy atom. The van der Waals surface area contributed by atoms with Gasteiger partial charge in [0.1, 0.15) is 18.1 Å². The summed E-state index contributed by atoms with van der Waals surface area (Å²) in [6.07, 6.45) is 4.02. The standard InChI is InChI=1S/C27H27N3O3/c31-26-18-24(33-20-21-6-2-1-3-7-21)11-10-23(26)19-28-14-15-29-27(32)13-17-30-16-12-22-8-4-5-9-25(22)30/h1-12,16,18-19,31H,13-15,17,20H2,(H,29,32). The summed E-state index contributed by atoms with van der Waals surface area (Å²) in [6.45, 7) is 1.95. The lowest BCUT2D eigenvalue weighted by atomic mass is 10.2. The van der Waals surface area contributed by atoms with Gasteiger partial charge in [0.25, 0.3) is 0 Å². The fraction of sp³-hybridized carbons (Fsp3) is 0.185. The number of amides is 1. The van der Waals surface area contributed by atoms with E-state index in [1.807, 2.05) is 48.7 Å². The SMILES string of the molecule is O=C(CCn1ccc2ccccc21)NCCN=Cc1ccc(OCc2ccccc2)cc1O. The second-order valence-electron chi connectivity index (χ2n) is 7.70. The van der Waals surface area contributed by atoms with Crippen molar-refractivity contribution < 1.29 is 14.6 Å². The highest BCUT2D eigenvalue weighted by atomic mass is 16.5. The van der Waals surface area contributed by atoms with E-state index in [9.17, 15) is 9.90 Å². The Kier molecular flexibility index (Phi) is 7.38. The molecule has 0 aliphatic carbocycles. The van der Waals surface area contributed by atoms with E-state index < -0.39 is 0 Å². The molecule has 6 nitrogen and oxygen atoms in total. The van der Waals surface area contributed by atoms with Crippen LogP contribution in [-0.4, -0.2) is 34.9 Å². The number of carbonyl (C=O) groups is 1. The van der Waals surface area contributed by atoms with Crippen LogP contribution in [0.1, 0.15) is 17.5 Å². The summed E-state index contributed by atoms with van der Waals surface area (Å²) in [6, 6.07) is 25.2. The molecule has 0 bridgehead atoms. The molecule has 1 amide bonds. The minimum Gasteiger partial charge on any atom is -0.507 e. The number of aryl methyl sites for hydroxylation is 1. The van der Waals surface area contributed by atoms with Gasteiger partial charge in [0, 0.05) is 49.1 Å². The molecule has 0 fully saturated rings. The molecule has 1 aromatic heterocycles. The number of hydrogen-bond acceptors (Lipinski definition) is 4. The molecule has 0 spiro atoms. The van der Waals surface area contributed by atoms with Crippen LogP contribution in [0.25, 0.3) is 10.9 Å². The third-order valence-corrected chi connectivity index (χ3v) is 5.30. The number of phenolic OH excluding ortho intramolecular Hbond substituents is 1. The van der Waals surface area contributed by atoms with Crippen LogP contribution in [0.3, 0.4) is 0 Å². The van der Waals surface area contributed by atoms with Crippen LogP contribution in [-0.2, 0) is 17.9 Å². The van der Waals surface area contributed by atoms with Crippen molar-refractivity contribution in [2.45, 2.75) is 19.6 Å². The van der Waals surface area contributed by atoms with E-state index in [2.05, 4.69) is 33.1 Å². The Labute approximate surface area is 193 Å². The van der Waals surface area contributed by atoms with Crippen LogP contribution in [0.15, 0.2) is 90.1 Å². The summed E-state index contributed by atoms with van der Waals surface area (Å²) in [5, 5.41) is 14.3. The number of rotatable bonds is 10. The number of aromatic nitrogens is 1. The number of nitrogens with zero attached hydrogens (tertiary/aromatic N) is 2. The molecular formula is C27H27N3O3. The summed E-state index contributed by atoms with van der Waals surface area (Å²) in [5.41, 5.74) is 2.80. The van der Waals surface area contributed by atoms with Gasteiger partial charge >= 0.3 is 0 Å². The summed E-state index contributed by atoms with van der Waals surface area (Å²) in [4.78, 5) is 16.4. The van der Waals surface area contributed by atoms with Crippen LogP contribution >= 0.6 is 0 Å². The fourth-order valence-corrected chi connectivity index (χ4v) is 3.53. The number of aromatic hydroxyl groups is 1. The Bertz CT molecular complexity index is 1230. The number of phenols is 1. The maximum absolute atomic E-state index is 12.1. The van der Waals surface area contributed by atoms with Crippen molar-refractivity contribution in [3.8, 4) is 11.5 Å². The highest BCUT2D eigenvalue weighted by molar-refractivity contribution is 5.84. The van der Waals surface area contributed by atoms with Gasteiger partial charge in [-0.25, -0.2) is 0 Å². The highest BCUT2D eigenvalue weighted by Crippen LogP contribution is 2.23. The van der Waals surface area contributed by atoms with Crippen molar-refractivity contribution in [2.75, 3.05) is 13.1 Å². The number of hydrogen-bond donors (Lipinski definition) is 2. The van der Waals surface area contributed by atoms with Crippen molar-refractivity contribution in [2.24, 2.45) is 4.99 Å². The summed E-state index contributed by atoms with van der Waals surface area (Å²) >= 11 is 0. The van der Waals surface area contributed by atoms with Gasteiger partial charge in [0.2, 0.25) is 5.91 Å². The molecule has 1 heterocycles. The van der Waals surface area contributed by atoms with Crippen LogP contribution in [0.2, 0.25) is 0 Å². The third-order valence-electron chi connectivity index (χ3n) is 5.30. The monoisotopic (exact) mass is 441 g/mol. The largest absolute Gasteiger partial charge is 0.507 e. The first-order valence-electron chi connectivity index (χ1n) is 11.0. The van der Waals surface area contributed by atoms with Crippen molar-refractivity contribution >= 4 is 23.0 Å². The third kappa shape index (κ3) is 6.23. The van der Waals surface area contributed by atoms with Crippen LogP contribution in [0.5, 0.6) is 11.5 Å². The predicted octanol–water partition coefficient (Wildman–Crippen LogP) is 4.55. The second kappa shape index (κ2) is 11.0. The molecule has 3 aromatic carbocycles. The van der Waals surface area contributed by atoms with E-state index in [-0.39, 0.29) is 11.7 Å². The van der Waals surface area contributed by atoms with E-state index in [1.54, 1.807) is 24.4 Å². The minimum absolute atomic E-state index is 0.00857. The second-order valence-corrected chi connectivity index (χ2v) is 7.70. The summed E-state index contributed by atoms with van der Waals surface area (Å²) in [5.74, 6) is 0.689. The van der Waals surface area contributed by atoms with Gasteiger partial charge in [-0.2, -0.15) is 0 Å². The molecule has 0 aliphatic heterocycles. The first-order chi connectivity index (χ1) is 16.2. The predicted molar refractivity (Wildman–Crippen MR) is 131 cm³/mol. The zero-order chi connectivity index (χ0) is 22.9. The molecule has 168 valence electrons. The number of fused-ring (bicyclic) bond motifs is 1. The highest BCUT2D eigenvalue weighted by Gasteiger charge is 2.05. The van der Waals surface area contributed by atoms with Crippen LogP contribution in [0, 0.1) is 0 Å². The number of aliphatic imine (C=N–C) groups is 1. The average Bonchev–Trinajstić information content (AvgIpc) is 3.26. The molecule has 0 aliphatic rings. The lowest BCUT2D eigenvalue weighted by Crippen LogP contribution is -2.26. The van der Waals surface area contributed by atoms with Gasteiger partial charge in [-0.15, -0.1) is 0 Å². The average molecular weight is 442 g/mol. The number of benzene rings is 3. The molecule has 0 atom stereocenters. The molecule has 0 radical (unpaired) electrons. The fourth-order valence-electron chi connectivity index (χ4n) is 3.53. The van der Waals surface area contributed by atoms with Crippen LogP contribution < -0.4 is 10.1 Å². The molecule has 4 aromatic rings. The van der Waals surface area contributed by atoms with E-state index >= 15 is 0 Å². The van der Waals surface area contributed by atoms with Crippen molar-refractivity contribution in [1.29, 1.82) is 0 Å². The van der Waals surface area contributed by atoms with E-state index in [4.69, 9.17) is 4.74 Å². The Morgan fingerprint density at radius 2 is 1.85 bits per heavy atom. The maximum atomic E-state index is 12.1. The van der Waals surface area contributed by atoms with E-state index in [1.165, 1.54) is 5.39 Å². The normalized spacial score (nSPS) is 11.2. The molecule has 33 heavy (non-hydrogen) atoms. The van der Waals surface area contributed by atoms with E-state index in [0.717, 1.165) is 11.1 Å². The summed E-state index contributed by atoms with van der Waals surface area (Å²) in [7, 11) is 0. The van der Waals surface area contributed by atoms with Gasteiger partial charge in [0.15, 0.2) is 0 Å². The molecule has 2 N–H and O–H groups in total. The zero-order valence-electron chi connectivity index (χ0n) is 18.4. The van der Waals surface area contributed by atoms with Gasteiger partial charge in [-0.1, -0.05) is 48.5 Å². The molecule has 0 saturated carbocycles. The number of ether oxygens (including phenoxy) is 1. The molecule has 0 unspecified atom stereocenters.